The van der Waals surface area contributed by atoms with Crippen molar-refractivity contribution in [2.45, 2.75) is 57.5 Å². The Morgan fingerprint density at radius 1 is 1.27 bits per heavy atom. The molecule has 4 rings (SSSR count). The lowest BCUT2D eigenvalue weighted by molar-refractivity contribution is 0.0916. The Labute approximate surface area is 153 Å². The Morgan fingerprint density at radius 2 is 2.08 bits per heavy atom. The number of aromatic nitrogens is 2. The summed E-state index contributed by atoms with van der Waals surface area (Å²) in [7, 11) is 0. The molecule has 2 fully saturated rings. The number of aliphatic hydroxyl groups is 1. The molecule has 26 heavy (non-hydrogen) atoms. The molecule has 0 aliphatic heterocycles. The van der Waals surface area contributed by atoms with E-state index >= 15 is 0 Å². The Balaban J connectivity index is 1.36. The molecule has 2 aromatic rings. The molecule has 1 heterocycles. The van der Waals surface area contributed by atoms with Gasteiger partial charge in [0.1, 0.15) is 0 Å². The molecule has 0 saturated heterocycles. The minimum Gasteiger partial charge on any atom is -0.393 e. The van der Waals surface area contributed by atoms with E-state index in [1.807, 2.05) is 32.0 Å². The van der Waals surface area contributed by atoms with E-state index in [1.165, 1.54) is 0 Å². The van der Waals surface area contributed by atoms with Crippen LogP contribution in [-0.2, 0) is 0 Å². The van der Waals surface area contributed by atoms with Gasteiger partial charge in [-0.3, -0.25) is 4.79 Å². The molecule has 0 bridgehead atoms. The number of rotatable bonds is 5. The summed E-state index contributed by atoms with van der Waals surface area (Å²) in [6.07, 6.45) is 3.17. The second kappa shape index (κ2) is 6.83. The summed E-state index contributed by atoms with van der Waals surface area (Å²) in [6, 6.07) is 5.85. The van der Waals surface area contributed by atoms with Crippen molar-refractivity contribution in [1.82, 2.24) is 15.5 Å². The number of aryl methyl sites for hydroxylation is 2. The summed E-state index contributed by atoms with van der Waals surface area (Å²) in [4.78, 5) is 17.0. The third-order valence-corrected chi connectivity index (χ3v) is 5.57. The maximum atomic E-state index is 12.5. The molecule has 3 atom stereocenters. The minimum atomic E-state index is -0.463. The zero-order valence-electron chi connectivity index (χ0n) is 15.2. The fourth-order valence-electron chi connectivity index (χ4n) is 3.74. The average Bonchev–Trinajstić information content (AvgIpc) is 3.23. The zero-order chi connectivity index (χ0) is 18.3. The van der Waals surface area contributed by atoms with Gasteiger partial charge in [0.25, 0.3) is 5.91 Å². The van der Waals surface area contributed by atoms with Crippen LogP contribution in [0.2, 0.25) is 0 Å². The minimum absolute atomic E-state index is 0.00494. The highest BCUT2D eigenvalue weighted by atomic mass is 16.5. The quantitative estimate of drug-likeness (QED) is 0.861. The standard InChI is InChI=1S/C20H25N3O3/c1-11-3-4-12(2)16(7-11)19(25)21-10-15-8-14(9-17(15)24)20-22-18(23-26-20)13-5-6-13/h3-4,7,13-15,17,24H,5-6,8-10H2,1-2H3,(H,21,25)/t14-,15+,17+/m0/s1. The second-order valence-electron chi connectivity index (χ2n) is 7.79. The number of nitrogens with one attached hydrogen (secondary N) is 1. The molecule has 0 unspecified atom stereocenters. The van der Waals surface area contributed by atoms with Gasteiger partial charge in [0.15, 0.2) is 5.82 Å². The number of nitrogens with zero attached hydrogens (tertiary/aromatic N) is 2. The van der Waals surface area contributed by atoms with Crippen LogP contribution in [0, 0.1) is 19.8 Å². The number of carbonyl (C=O) groups is 1. The Morgan fingerprint density at radius 3 is 2.85 bits per heavy atom. The third kappa shape index (κ3) is 3.51. The number of aliphatic hydroxyl groups excluding tert-OH is 1. The number of benzene rings is 1. The lowest BCUT2D eigenvalue weighted by atomic mass is 10.0. The summed E-state index contributed by atoms with van der Waals surface area (Å²) in [5.74, 6) is 1.90. The highest BCUT2D eigenvalue weighted by molar-refractivity contribution is 5.95. The van der Waals surface area contributed by atoms with Crippen molar-refractivity contribution in [1.29, 1.82) is 0 Å². The van der Waals surface area contributed by atoms with Gasteiger partial charge in [0.2, 0.25) is 5.89 Å². The molecular weight excluding hydrogens is 330 g/mol. The Bertz CT molecular complexity index is 812. The number of hydrogen-bond acceptors (Lipinski definition) is 5. The van der Waals surface area contributed by atoms with Crippen LogP contribution in [0.1, 0.15) is 70.7 Å². The van der Waals surface area contributed by atoms with E-state index in [4.69, 9.17) is 4.52 Å². The second-order valence-corrected chi connectivity index (χ2v) is 7.79. The third-order valence-electron chi connectivity index (χ3n) is 5.57. The van der Waals surface area contributed by atoms with Gasteiger partial charge in [0.05, 0.1) is 6.10 Å². The lowest BCUT2D eigenvalue weighted by Crippen LogP contribution is -2.32. The maximum Gasteiger partial charge on any atom is 0.251 e. The molecule has 2 saturated carbocycles. The van der Waals surface area contributed by atoms with E-state index in [9.17, 15) is 9.90 Å². The van der Waals surface area contributed by atoms with Crippen molar-refractivity contribution in [2.75, 3.05) is 6.54 Å². The molecule has 2 aliphatic carbocycles. The molecule has 0 radical (unpaired) electrons. The SMILES string of the molecule is Cc1ccc(C)c(C(=O)NC[C@H]2C[C@H](c3nc(C4CC4)no3)C[C@H]2O)c1. The number of carbonyl (C=O) groups excluding carboxylic acids is 1. The van der Waals surface area contributed by atoms with Gasteiger partial charge in [-0.25, -0.2) is 0 Å². The average molecular weight is 355 g/mol. The first-order valence-corrected chi connectivity index (χ1v) is 9.38. The van der Waals surface area contributed by atoms with Crippen LogP contribution in [0.5, 0.6) is 0 Å². The monoisotopic (exact) mass is 355 g/mol. The van der Waals surface area contributed by atoms with E-state index in [1.54, 1.807) is 0 Å². The van der Waals surface area contributed by atoms with Crippen molar-refractivity contribution in [2.24, 2.45) is 5.92 Å². The maximum absolute atomic E-state index is 12.5. The van der Waals surface area contributed by atoms with Gasteiger partial charge in [-0.1, -0.05) is 22.9 Å². The number of hydrogen-bond donors (Lipinski definition) is 2. The molecule has 6 nitrogen and oxygen atoms in total. The molecular formula is C20H25N3O3. The van der Waals surface area contributed by atoms with Crippen molar-refractivity contribution < 1.29 is 14.4 Å². The molecule has 1 amide bonds. The van der Waals surface area contributed by atoms with Gasteiger partial charge in [-0.15, -0.1) is 0 Å². The predicted octanol–water partition coefficient (Wildman–Crippen LogP) is 2.85. The molecule has 2 aliphatic rings. The largest absolute Gasteiger partial charge is 0.393 e. The van der Waals surface area contributed by atoms with Gasteiger partial charge >= 0.3 is 0 Å². The molecule has 1 aromatic heterocycles. The van der Waals surface area contributed by atoms with E-state index in [2.05, 4.69) is 15.5 Å². The fourth-order valence-corrected chi connectivity index (χ4v) is 3.74. The summed E-state index contributed by atoms with van der Waals surface area (Å²) >= 11 is 0. The Kier molecular flexibility index (Phi) is 4.53. The van der Waals surface area contributed by atoms with Crippen molar-refractivity contribution in [3.63, 3.8) is 0 Å². The molecule has 1 aromatic carbocycles. The summed E-state index contributed by atoms with van der Waals surface area (Å²) in [6.45, 7) is 4.36. The van der Waals surface area contributed by atoms with Crippen LogP contribution < -0.4 is 5.32 Å². The van der Waals surface area contributed by atoms with Crippen molar-refractivity contribution in [3.05, 3.63) is 46.6 Å². The highest BCUT2D eigenvalue weighted by Crippen LogP contribution is 2.41. The van der Waals surface area contributed by atoms with Crippen LogP contribution >= 0.6 is 0 Å². The normalized spacial score (nSPS) is 25.4. The number of amides is 1. The lowest BCUT2D eigenvalue weighted by Gasteiger charge is -2.15. The summed E-state index contributed by atoms with van der Waals surface area (Å²) in [5, 5.41) is 17.4. The van der Waals surface area contributed by atoms with Gasteiger partial charge in [-0.2, -0.15) is 4.98 Å². The fraction of sp³-hybridized carbons (Fsp3) is 0.550. The zero-order valence-corrected chi connectivity index (χ0v) is 15.2. The van der Waals surface area contributed by atoms with Gasteiger partial charge in [0, 0.05) is 29.9 Å². The highest BCUT2D eigenvalue weighted by Gasteiger charge is 2.38. The topological polar surface area (TPSA) is 88.3 Å². The van der Waals surface area contributed by atoms with Crippen LogP contribution in [0.15, 0.2) is 22.7 Å². The molecule has 0 spiro atoms. The van der Waals surface area contributed by atoms with E-state index in [0.717, 1.165) is 36.2 Å². The first kappa shape index (κ1) is 17.2. The molecule has 2 N–H and O–H groups in total. The van der Waals surface area contributed by atoms with Crippen LogP contribution in [0.4, 0.5) is 0 Å². The van der Waals surface area contributed by atoms with Crippen molar-refractivity contribution in [3.8, 4) is 0 Å². The first-order chi connectivity index (χ1) is 12.5. The molecule has 138 valence electrons. The van der Waals surface area contributed by atoms with Gasteiger partial charge in [-0.05, 0) is 51.2 Å². The van der Waals surface area contributed by atoms with E-state index < -0.39 is 6.10 Å². The van der Waals surface area contributed by atoms with E-state index in [0.29, 0.717) is 30.3 Å². The van der Waals surface area contributed by atoms with Crippen LogP contribution in [0.25, 0.3) is 0 Å². The predicted molar refractivity (Wildman–Crippen MR) is 96.0 cm³/mol. The van der Waals surface area contributed by atoms with Crippen LogP contribution in [0.3, 0.4) is 0 Å². The summed E-state index contributed by atoms with van der Waals surface area (Å²) < 4.78 is 5.41. The van der Waals surface area contributed by atoms with E-state index in [-0.39, 0.29) is 17.7 Å². The molecule has 6 heteroatoms. The van der Waals surface area contributed by atoms with Gasteiger partial charge < -0.3 is 14.9 Å². The smallest absolute Gasteiger partial charge is 0.251 e. The first-order valence-electron chi connectivity index (χ1n) is 9.38. The van der Waals surface area contributed by atoms with Crippen LogP contribution in [-0.4, -0.2) is 33.8 Å². The van der Waals surface area contributed by atoms with Crippen molar-refractivity contribution >= 4 is 5.91 Å². The summed E-state index contributed by atoms with van der Waals surface area (Å²) in [5.41, 5.74) is 2.71. The Hall–Kier alpha value is -2.21.